The molecule has 0 saturated carbocycles. The first-order chi connectivity index (χ1) is 5.47. The Bertz CT molecular complexity index is 152. The molecule has 1 aliphatic carbocycles. The zero-order valence-corrected chi connectivity index (χ0v) is 7.16. The van der Waals surface area contributed by atoms with Crippen LogP contribution in [0.2, 0.25) is 0 Å². The molecule has 0 atom stereocenters. The van der Waals surface area contributed by atoms with E-state index in [-0.39, 0.29) is 0 Å². The molecule has 1 nitrogen and oxygen atoms in total. The van der Waals surface area contributed by atoms with Crippen LogP contribution in [-0.4, -0.2) is 13.1 Å². The van der Waals surface area contributed by atoms with Gasteiger partial charge >= 0.3 is 0 Å². The van der Waals surface area contributed by atoms with Crippen molar-refractivity contribution in [3.8, 4) is 0 Å². The molecule has 0 aromatic heterocycles. The van der Waals surface area contributed by atoms with Gasteiger partial charge in [0.2, 0.25) is 0 Å². The summed E-state index contributed by atoms with van der Waals surface area (Å²) in [6.07, 6.45) is 8.31. The van der Waals surface area contributed by atoms with Crippen molar-refractivity contribution in [1.29, 1.82) is 0 Å². The van der Waals surface area contributed by atoms with Crippen molar-refractivity contribution in [2.75, 3.05) is 13.1 Å². The summed E-state index contributed by atoms with van der Waals surface area (Å²) in [6, 6.07) is 0. The Morgan fingerprint density at radius 2 is 1.55 bits per heavy atom. The minimum atomic E-state index is 1.23. The molecule has 0 fully saturated rings. The van der Waals surface area contributed by atoms with Crippen LogP contribution >= 0.6 is 0 Å². The van der Waals surface area contributed by atoms with Crippen LogP contribution in [0.25, 0.3) is 0 Å². The zero-order valence-electron chi connectivity index (χ0n) is 7.16. The van der Waals surface area contributed by atoms with Crippen molar-refractivity contribution < 1.29 is 0 Å². The van der Waals surface area contributed by atoms with Crippen LogP contribution in [0.3, 0.4) is 0 Å². The summed E-state index contributed by atoms with van der Waals surface area (Å²) in [7, 11) is 0. The largest absolute Gasteiger partial charge is 0.317 e. The first-order valence-electron chi connectivity index (χ1n) is 4.87. The van der Waals surface area contributed by atoms with Crippen LogP contribution in [-0.2, 0) is 0 Å². The van der Waals surface area contributed by atoms with Gasteiger partial charge in [0.1, 0.15) is 0 Å². The molecule has 1 aliphatic heterocycles. The molecule has 0 bridgehead atoms. The third-order valence-electron chi connectivity index (χ3n) is 2.72. The van der Waals surface area contributed by atoms with Crippen molar-refractivity contribution >= 4 is 0 Å². The van der Waals surface area contributed by atoms with Gasteiger partial charge < -0.3 is 5.32 Å². The predicted octanol–water partition coefficient (Wildman–Crippen LogP) is 2.24. The Hall–Kier alpha value is -0.300. The lowest BCUT2D eigenvalue weighted by Gasteiger charge is -2.03. The van der Waals surface area contributed by atoms with E-state index in [1.165, 1.54) is 51.6 Å². The number of hydrogen-bond acceptors (Lipinski definition) is 1. The molecular weight excluding hydrogens is 134 g/mol. The number of hydrogen-bond donors (Lipinski definition) is 1. The van der Waals surface area contributed by atoms with Crippen molar-refractivity contribution in [3.05, 3.63) is 11.1 Å². The van der Waals surface area contributed by atoms with Crippen molar-refractivity contribution in [2.45, 2.75) is 38.5 Å². The van der Waals surface area contributed by atoms with Gasteiger partial charge in [-0.15, -0.1) is 0 Å². The van der Waals surface area contributed by atoms with E-state index < -0.39 is 0 Å². The summed E-state index contributed by atoms with van der Waals surface area (Å²) in [5.74, 6) is 0. The van der Waals surface area contributed by atoms with E-state index in [1.54, 1.807) is 11.1 Å². The average Bonchev–Trinajstić information content (AvgIpc) is 2.76. The molecule has 0 unspecified atom stereocenters. The summed E-state index contributed by atoms with van der Waals surface area (Å²) in [5.41, 5.74) is 3.58. The van der Waals surface area contributed by atoms with E-state index in [4.69, 9.17) is 0 Å². The number of rotatable bonds is 0. The highest BCUT2D eigenvalue weighted by Gasteiger charge is 2.19. The second-order valence-corrected chi connectivity index (χ2v) is 3.69. The normalized spacial score (nSPS) is 26.2. The van der Waals surface area contributed by atoms with Crippen molar-refractivity contribution in [3.63, 3.8) is 0 Å². The van der Waals surface area contributed by atoms with Crippen LogP contribution in [0.5, 0.6) is 0 Å². The zero-order chi connectivity index (χ0) is 7.52. The summed E-state index contributed by atoms with van der Waals surface area (Å²) in [4.78, 5) is 0. The van der Waals surface area contributed by atoms with Crippen LogP contribution < -0.4 is 5.32 Å². The topological polar surface area (TPSA) is 12.0 Å². The molecule has 0 aromatic rings. The van der Waals surface area contributed by atoms with Gasteiger partial charge in [0.05, 0.1) is 0 Å². The minimum Gasteiger partial charge on any atom is -0.317 e. The summed E-state index contributed by atoms with van der Waals surface area (Å²) < 4.78 is 0. The summed E-state index contributed by atoms with van der Waals surface area (Å²) in [6.45, 7) is 2.47. The van der Waals surface area contributed by atoms with Crippen LogP contribution in [0.1, 0.15) is 38.5 Å². The van der Waals surface area contributed by atoms with Gasteiger partial charge in [-0.2, -0.15) is 0 Å². The molecule has 0 saturated heterocycles. The molecule has 0 spiro atoms. The molecule has 2 aliphatic rings. The monoisotopic (exact) mass is 151 g/mol. The van der Waals surface area contributed by atoms with Crippen molar-refractivity contribution in [2.24, 2.45) is 0 Å². The third-order valence-corrected chi connectivity index (χ3v) is 2.72. The maximum Gasteiger partial charge on any atom is -0.00459 e. The predicted molar refractivity (Wildman–Crippen MR) is 47.6 cm³/mol. The quantitative estimate of drug-likeness (QED) is 0.523. The fourth-order valence-corrected chi connectivity index (χ4v) is 1.88. The van der Waals surface area contributed by atoms with Crippen LogP contribution in [0.4, 0.5) is 0 Å². The highest BCUT2D eigenvalue weighted by molar-refractivity contribution is 5.34. The van der Waals surface area contributed by atoms with Gasteiger partial charge in [-0.05, 0) is 51.6 Å². The molecule has 0 amide bonds. The summed E-state index contributed by atoms with van der Waals surface area (Å²) in [5, 5.41) is 3.47. The minimum absolute atomic E-state index is 1.23. The molecule has 1 heterocycles. The van der Waals surface area contributed by atoms with E-state index in [0.717, 1.165) is 0 Å². The molecule has 11 heavy (non-hydrogen) atoms. The van der Waals surface area contributed by atoms with E-state index >= 15 is 0 Å². The average molecular weight is 151 g/mol. The van der Waals surface area contributed by atoms with E-state index in [2.05, 4.69) is 5.32 Å². The highest BCUT2D eigenvalue weighted by atomic mass is 14.8. The molecule has 0 aromatic carbocycles. The Morgan fingerprint density at radius 1 is 0.818 bits per heavy atom. The second kappa shape index (κ2) is 3.40. The SMILES string of the molecule is C1CCC2=C(CCCNC1)C2. The maximum absolute atomic E-state index is 3.47. The summed E-state index contributed by atoms with van der Waals surface area (Å²) >= 11 is 0. The molecule has 62 valence electrons. The van der Waals surface area contributed by atoms with E-state index in [9.17, 15) is 0 Å². The third kappa shape index (κ3) is 2.06. The van der Waals surface area contributed by atoms with Gasteiger partial charge in [-0.3, -0.25) is 0 Å². The molecule has 1 N–H and O–H groups in total. The molecule has 1 heteroatoms. The van der Waals surface area contributed by atoms with Gasteiger partial charge in [0.15, 0.2) is 0 Å². The Labute approximate surface area is 68.9 Å². The highest BCUT2D eigenvalue weighted by Crippen LogP contribution is 2.38. The molecule has 0 radical (unpaired) electrons. The Morgan fingerprint density at radius 3 is 2.45 bits per heavy atom. The van der Waals surface area contributed by atoms with Crippen molar-refractivity contribution in [1.82, 2.24) is 5.32 Å². The lowest BCUT2D eigenvalue weighted by molar-refractivity contribution is 0.602. The molecular formula is C10H17N. The van der Waals surface area contributed by atoms with E-state index in [0.29, 0.717) is 0 Å². The standard InChI is InChI=1S/C10H17N/c1-2-6-11-7-3-5-10-8-9(10)4-1/h11H,1-8H2. The maximum atomic E-state index is 3.47. The number of allylic oxidation sites excluding steroid dienone is 2. The fraction of sp³-hybridized carbons (Fsp3) is 0.800. The molecule has 2 rings (SSSR count). The second-order valence-electron chi connectivity index (χ2n) is 3.69. The van der Waals surface area contributed by atoms with Gasteiger partial charge in [0, 0.05) is 0 Å². The lowest BCUT2D eigenvalue weighted by Crippen LogP contribution is -2.16. The fourth-order valence-electron chi connectivity index (χ4n) is 1.88. The lowest BCUT2D eigenvalue weighted by atomic mass is 10.2. The van der Waals surface area contributed by atoms with Crippen LogP contribution in [0.15, 0.2) is 11.1 Å². The van der Waals surface area contributed by atoms with Gasteiger partial charge in [-0.1, -0.05) is 11.1 Å². The first-order valence-corrected chi connectivity index (χ1v) is 4.87. The van der Waals surface area contributed by atoms with Crippen LogP contribution in [0, 0.1) is 0 Å². The smallest absolute Gasteiger partial charge is 0.00459 e. The Kier molecular flexibility index (Phi) is 2.27. The van der Waals surface area contributed by atoms with Gasteiger partial charge in [0.25, 0.3) is 0 Å². The Balaban J connectivity index is 1.82. The van der Waals surface area contributed by atoms with Gasteiger partial charge in [-0.25, -0.2) is 0 Å². The van der Waals surface area contributed by atoms with E-state index in [1.807, 2.05) is 0 Å². The number of nitrogens with one attached hydrogen (secondary N) is 1. The first kappa shape index (κ1) is 7.35.